The zero-order valence-electron chi connectivity index (χ0n) is 19.5. The summed E-state index contributed by atoms with van der Waals surface area (Å²) in [6.07, 6.45) is 3.18. The van der Waals surface area contributed by atoms with E-state index in [9.17, 15) is 14.7 Å². The summed E-state index contributed by atoms with van der Waals surface area (Å²) in [6, 6.07) is 15.1. The summed E-state index contributed by atoms with van der Waals surface area (Å²) >= 11 is 0. The molecule has 1 saturated heterocycles. The number of hydrogen-bond donors (Lipinski definition) is 2. The van der Waals surface area contributed by atoms with Crippen LogP contribution in [0.4, 0.5) is 5.95 Å². The first-order chi connectivity index (χ1) is 16.9. The van der Waals surface area contributed by atoms with E-state index in [0.717, 1.165) is 11.1 Å². The number of H-pyrrole nitrogens is 1. The number of carbonyl (C=O) groups excluding carboxylic acids is 2. The number of amides is 1. The van der Waals surface area contributed by atoms with Gasteiger partial charge in [0.05, 0.1) is 29.8 Å². The third-order valence-electron chi connectivity index (χ3n) is 6.17. The number of pyridine rings is 1. The number of aromatic nitrogens is 3. The molecule has 1 aliphatic rings. The number of aromatic amines is 1. The molecule has 1 fully saturated rings. The minimum atomic E-state index is -0.908. The quantitative estimate of drug-likeness (QED) is 0.249. The van der Waals surface area contributed by atoms with Crippen molar-refractivity contribution >= 4 is 34.4 Å². The largest absolute Gasteiger partial charge is 0.507 e. The van der Waals surface area contributed by atoms with E-state index in [1.807, 2.05) is 38.1 Å². The summed E-state index contributed by atoms with van der Waals surface area (Å²) in [6.45, 7) is 4.02. The van der Waals surface area contributed by atoms with Crippen molar-refractivity contribution in [1.82, 2.24) is 15.0 Å². The number of aliphatic hydroxyl groups is 1. The lowest BCUT2D eigenvalue weighted by Gasteiger charge is -2.22. The molecule has 35 heavy (non-hydrogen) atoms. The smallest absolute Gasteiger partial charge is 0.302 e. The highest BCUT2D eigenvalue weighted by Crippen LogP contribution is 2.42. The van der Waals surface area contributed by atoms with E-state index in [2.05, 4.69) is 15.0 Å². The lowest BCUT2D eigenvalue weighted by Crippen LogP contribution is -2.30. The van der Waals surface area contributed by atoms with Crippen LogP contribution in [0.5, 0.6) is 5.75 Å². The Morgan fingerprint density at radius 1 is 1.11 bits per heavy atom. The van der Waals surface area contributed by atoms with Gasteiger partial charge < -0.3 is 14.8 Å². The summed E-state index contributed by atoms with van der Waals surface area (Å²) in [5, 5.41) is 11.4. The second kappa shape index (κ2) is 8.72. The van der Waals surface area contributed by atoms with Gasteiger partial charge in [-0.3, -0.25) is 19.5 Å². The SMILES string of the molecule is COc1ccc(/C(O)=C2\C(=O)C(=O)N(c3nc4ccccc4[nH]3)C2c2cccnc2)cc1C(C)C. The number of Topliss-reactive ketones (excluding diaryl/α,β-unsaturated/α-hetero) is 1. The van der Waals surface area contributed by atoms with Crippen LogP contribution in [0, 0.1) is 0 Å². The average Bonchev–Trinajstić information content (AvgIpc) is 3.42. The van der Waals surface area contributed by atoms with Gasteiger partial charge in [-0.1, -0.05) is 32.0 Å². The molecule has 3 heterocycles. The summed E-state index contributed by atoms with van der Waals surface area (Å²) in [5.74, 6) is -0.817. The molecule has 1 unspecified atom stereocenters. The molecule has 1 amide bonds. The van der Waals surface area contributed by atoms with Gasteiger partial charge in [0.15, 0.2) is 0 Å². The Bertz CT molecular complexity index is 1440. The average molecular weight is 469 g/mol. The Balaban J connectivity index is 1.72. The van der Waals surface area contributed by atoms with Crippen molar-refractivity contribution in [1.29, 1.82) is 0 Å². The fourth-order valence-corrected chi connectivity index (χ4v) is 4.45. The predicted molar refractivity (Wildman–Crippen MR) is 132 cm³/mol. The minimum Gasteiger partial charge on any atom is -0.507 e. The van der Waals surface area contributed by atoms with Crippen molar-refractivity contribution in [2.24, 2.45) is 0 Å². The number of nitrogens with zero attached hydrogens (tertiary/aromatic N) is 3. The van der Waals surface area contributed by atoms with E-state index in [1.165, 1.54) is 4.90 Å². The maximum atomic E-state index is 13.3. The van der Waals surface area contributed by atoms with Crippen LogP contribution in [0.3, 0.4) is 0 Å². The molecular formula is C27H24N4O4. The fraction of sp³-hybridized carbons (Fsp3) is 0.185. The third-order valence-corrected chi connectivity index (χ3v) is 6.17. The normalized spacial score (nSPS) is 17.5. The van der Waals surface area contributed by atoms with Crippen LogP contribution in [-0.2, 0) is 9.59 Å². The molecule has 1 atom stereocenters. The molecule has 5 rings (SSSR count). The van der Waals surface area contributed by atoms with Crippen molar-refractivity contribution in [3.8, 4) is 5.75 Å². The van der Waals surface area contributed by atoms with Crippen molar-refractivity contribution in [3.05, 3.63) is 89.3 Å². The number of ether oxygens (including phenoxy) is 1. The number of nitrogens with one attached hydrogen (secondary N) is 1. The van der Waals surface area contributed by atoms with Gasteiger partial charge in [0, 0.05) is 18.0 Å². The van der Waals surface area contributed by atoms with Crippen LogP contribution < -0.4 is 9.64 Å². The van der Waals surface area contributed by atoms with E-state index >= 15 is 0 Å². The Labute approximate surface area is 201 Å². The number of aliphatic hydroxyl groups excluding tert-OH is 1. The molecular weight excluding hydrogens is 444 g/mol. The Morgan fingerprint density at radius 3 is 2.60 bits per heavy atom. The van der Waals surface area contributed by atoms with Crippen molar-refractivity contribution < 1.29 is 19.4 Å². The zero-order chi connectivity index (χ0) is 24.7. The number of carbonyl (C=O) groups is 2. The highest BCUT2D eigenvalue weighted by molar-refractivity contribution is 6.51. The standard InChI is InChI=1S/C27H24N4O4/c1-15(2)18-13-16(10-11-21(18)35-3)24(32)22-23(17-7-6-12-28-14-17)31(26(34)25(22)33)27-29-19-8-4-5-9-20(19)30-27/h4-15,23,32H,1-3H3,(H,29,30)/b24-22+. The molecule has 2 aromatic heterocycles. The Kier molecular flexibility index (Phi) is 5.56. The van der Waals surface area contributed by atoms with Gasteiger partial charge in [0.1, 0.15) is 11.5 Å². The van der Waals surface area contributed by atoms with Crippen LogP contribution in [0.25, 0.3) is 16.8 Å². The fourth-order valence-electron chi connectivity index (χ4n) is 4.45. The van der Waals surface area contributed by atoms with Gasteiger partial charge in [-0.25, -0.2) is 4.98 Å². The second-order valence-electron chi connectivity index (χ2n) is 8.64. The summed E-state index contributed by atoms with van der Waals surface area (Å²) < 4.78 is 5.45. The van der Waals surface area contributed by atoms with Crippen LogP contribution in [0.1, 0.15) is 42.5 Å². The van der Waals surface area contributed by atoms with Crippen LogP contribution >= 0.6 is 0 Å². The Morgan fingerprint density at radius 2 is 1.91 bits per heavy atom. The summed E-state index contributed by atoms with van der Waals surface area (Å²) in [4.78, 5) is 39.8. The van der Waals surface area contributed by atoms with Gasteiger partial charge >= 0.3 is 5.91 Å². The first kappa shape index (κ1) is 22.3. The van der Waals surface area contributed by atoms with E-state index in [1.54, 1.807) is 49.8 Å². The third kappa shape index (κ3) is 3.73. The topological polar surface area (TPSA) is 108 Å². The molecule has 8 heteroatoms. The number of anilines is 1. The van der Waals surface area contributed by atoms with Crippen molar-refractivity contribution in [2.45, 2.75) is 25.8 Å². The maximum absolute atomic E-state index is 13.3. The van der Waals surface area contributed by atoms with E-state index in [-0.39, 0.29) is 23.2 Å². The molecule has 1 aliphatic heterocycles. The zero-order valence-corrected chi connectivity index (χ0v) is 19.5. The van der Waals surface area contributed by atoms with Crippen LogP contribution in [0.2, 0.25) is 0 Å². The summed E-state index contributed by atoms with van der Waals surface area (Å²) in [5.41, 5.74) is 3.23. The molecule has 0 saturated carbocycles. The highest BCUT2D eigenvalue weighted by Gasteiger charge is 2.48. The second-order valence-corrected chi connectivity index (χ2v) is 8.64. The van der Waals surface area contributed by atoms with Gasteiger partial charge in [-0.05, 0) is 53.4 Å². The number of fused-ring (bicyclic) bond motifs is 1. The van der Waals surface area contributed by atoms with E-state index in [4.69, 9.17) is 4.74 Å². The predicted octanol–water partition coefficient (Wildman–Crippen LogP) is 4.72. The molecule has 0 bridgehead atoms. The van der Waals surface area contributed by atoms with Gasteiger partial charge in [-0.2, -0.15) is 0 Å². The molecule has 176 valence electrons. The van der Waals surface area contributed by atoms with Crippen LogP contribution in [-0.4, -0.2) is 38.9 Å². The van der Waals surface area contributed by atoms with Crippen molar-refractivity contribution in [3.63, 3.8) is 0 Å². The number of benzene rings is 2. The number of methoxy groups -OCH3 is 1. The van der Waals surface area contributed by atoms with Gasteiger partial charge in [0.2, 0.25) is 5.95 Å². The number of rotatable bonds is 5. The maximum Gasteiger partial charge on any atom is 0.302 e. The molecule has 4 aromatic rings. The van der Waals surface area contributed by atoms with E-state index in [0.29, 0.717) is 22.4 Å². The van der Waals surface area contributed by atoms with Crippen molar-refractivity contribution in [2.75, 3.05) is 12.0 Å². The number of para-hydroxylation sites is 2. The lowest BCUT2D eigenvalue weighted by atomic mass is 9.94. The molecule has 2 N–H and O–H groups in total. The molecule has 8 nitrogen and oxygen atoms in total. The minimum absolute atomic E-state index is 0.0247. The Hall–Kier alpha value is -4.46. The molecule has 2 aromatic carbocycles. The molecule has 0 aliphatic carbocycles. The van der Waals surface area contributed by atoms with Crippen LogP contribution in [0.15, 0.2) is 72.6 Å². The lowest BCUT2D eigenvalue weighted by molar-refractivity contribution is -0.132. The number of hydrogen-bond acceptors (Lipinski definition) is 6. The highest BCUT2D eigenvalue weighted by atomic mass is 16.5. The first-order valence-electron chi connectivity index (χ1n) is 11.2. The van der Waals surface area contributed by atoms with Gasteiger partial charge in [0.25, 0.3) is 5.78 Å². The first-order valence-corrected chi connectivity index (χ1v) is 11.2. The van der Waals surface area contributed by atoms with Gasteiger partial charge in [-0.15, -0.1) is 0 Å². The monoisotopic (exact) mass is 468 g/mol. The number of ketones is 1. The summed E-state index contributed by atoms with van der Waals surface area (Å²) in [7, 11) is 1.59. The number of imidazole rings is 1. The van der Waals surface area contributed by atoms with E-state index < -0.39 is 17.7 Å². The molecule has 0 spiro atoms. The molecule has 0 radical (unpaired) electrons.